The summed E-state index contributed by atoms with van der Waals surface area (Å²) in [5, 5.41) is 18.8. The highest BCUT2D eigenvalue weighted by atomic mass is 32.2. The Morgan fingerprint density at radius 3 is 1.00 bits per heavy atom. The molecule has 0 saturated heterocycles. The van der Waals surface area contributed by atoms with Gasteiger partial charge in [-0.2, -0.15) is 0 Å². The topological polar surface area (TPSA) is 99.7 Å². The van der Waals surface area contributed by atoms with E-state index in [0.29, 0.717) is 24.5 Å². The summed E-state index contributed by atoms with van der Waals surface area (Å²) in [7, 11) is 17.3. The van der Waals surface area contributed by atoms with Gasteiger partial charge in [0, 0.05) is 32.7 Å². The van der Waals surface area contributed by atoms with E-state index in [9.17, 15) is 19.8 Å². The fraction of sp³-hybridized carbons (Fsp3) is 0.333. The lowest BCUT2D eigenvalue weighted by atomic mass is 10.1. The van der Waals surface area contributed by atoms with Gasteiger partial charge in [-0.05, 0) is 130 Å². The number of carbonyl (C=O) groups excluding carboxylic acids is 2. The van der Waals surface area contributed by atoms with Gasteiger partial charge in [-0.25, -0.2) is 0 Å². The third-order valence-corrected chi connectivity index (χ3v) is 11.0. The monoisotopic (exact) mass is 768 g/mol. The lowest BCUT2D eigenvalue weighted by molar-refractivity contribution is -0.301. The minimum atomic E-state index is -1.55. The van der Waals surface area contributed by atoms with Crippen molar-refractivity contribution >= 4 is 58.2 Å². The van der Waals surface area contributed by atoms with Crippen LogP contribution in [0.3, 0.4) is 0 Å². The van der Waals surface area contributed by atoms with E-state index < -0.39 is 11.9 Å². The number of hydrogen-bond acceptors (Lipinski definition) is 12. The van der Waals surface area contributed by atoms with Crippen LogP contribution in [0.15, 0.2) is 129 Å². The second kappa shape index (κ2) is 20.4. The molecule has 2 aliphatic heterocycles. The largest absolute Gasteiger partial charge is 0.545 e. The molecule has 0 aromatic heterocycles. The van der Waals surface area contributed by atoms with Crippen LogP contribution in [0.4, 0.5) is 22.7 Å². The Morgan fingerprint density at radius 2 is 0.778 bits per heavy atom. The maximum absolute atomic E-state index is 9.41. The first kappa shape index (κ1) is 42.4. The van der Waals surface area contributed by atoms with Gasteiger partial charge < -0.3 is 39.4 Å². The van der Waals surface area contributed by atoms with E-state index in [-0.39, 0.29) is 0 Å². The van der Waals surface area contributed by atoms with Gasteiger partial charge in [-0.15, -0.1) is 0 Å². The Morgan fingerprint density at radius 1 is 0.519 bits per heavy atom. The van der Waals surface area contributed by atoms with Gasteiger partial charge in [0.05, 0.1) is 47.0 Å². The van der Waals surface area contributed by atoms with Crippen LogP contribution in [0.25, 0.3) is 0 Å². The van der Waals surface area contributed by atoms with Crippen LogP contribution in [0.2, 0.25) is 0 Å². The van der Waals surface area contributed by atoms with Crippen molar-refractivity contribution in [3.63, 3.8) is 0 Å². The predicted octanol–water partition coefficient (Wildman–Crippen LogP) is 5.30. The molecular weight excluding hydrogens is 717 g/mol. The number of para-hydroxylation sites is 4. The Labute approximate surface area is 329 Å². The van der Waals surface area contributed by atoms with Gasteiger partial charge in [0.25, 0.3) is 0 Å². The van der Waals surface area contributed by atoms with E-state index in [4.69, 9.17) is 0 Å². The molecule has 2 unspecified atom stereocenters. The number of fused-ring (bicyclic) bond motifs is 4. The van der Waals surface area contributed by atoms with Crippen molar-refractivity contribution < 1.29 is 19.8 Å². The summed E-state index contributed by atoms with van der Waals surface area (Å²) in [6.45, 7) is 2.13. The number of anilines is 4. The first-order valence-electron chi connectivity index (χ1n) is 17.8. The van der Waals surface area contributed by atoms with E-state index in [1.165, 1.54) is 42.3 Å². The van der Waals surface area contributed by atoms with Crippen LogP contribution < -0.4 is 20.0 Å². The van der Waals surface area contributed by atoms with Crippen molar-refractivity contribution in [2.24, 2.45) is 0 Å². The molecule has 0 bridgehead atoms. The number of hydrogen-bond donors (Lipinski definition) is 0. The summed E-state index contributed by atoms with van der Waals surface area (Å²) in [6.07, 6.45) is 3.62. The molecule has 0 aliphatic carbocycles. The smallest absolute Gasteiger partial charge is 0.0878 e. The fourth-order valence-electron chi connectivity index (χ4n) is 6.23. The molecule has 4 aromatic rings. The molecular formula is C42H52N6O4S2-2. The summed E-state index contributed by atoms with van der Waals surface area (Å²) in [5.41, 5.74) is 5.25. The highest BCUT2D eigenvalue weighted by molar-refractivity contribution is 8.00. The number of carboxylic acids is 2. The molecule has 0 amide bonds. The Kier molecular flexibility index (Phi) is 16.0. The lowest BCUT2D eigenvalue weighted by Crippen LogP contribution is -2.45. The average molecular weight is 769 g/mol. The number of benzene rings is 4. The second-order valence-electron chi connectivity index (χ2n) is 13.9. The van der Waals surface area contributed by atoms with Crippen LogP contribution in [-0.4, -0.2) is 113 Å². The zero-order valence-corrected chi connectivity index (χ0v) is 34.1. The SMILES string of the molecule is CN(C)CCC(N(C)C)N1c2ccccc2Sc2ccccc21.CN(C)CCC(N(C)C)N1c2ccccc2Sc2ccccc21.O=C([O-])C=CC(=O)[O-]. The molecule has 6 rings (SSSR count). The van der Waals surface area contributed by atoms with Gasteiger partial charge in [-0.1, -0.05) is 72.1 Å². The molecule has 10 nitrogen and oxygen atoms in total. The molecule has 2 atom stereocenters. The zero-order valence-electron chi connectivity index (χ0n) is 32.5. The van der Waals surface area contributed by atoms with E-state index in [1.54, 1.807) is 0 Å². The molecule has 0 N–H and O–H groups in total. The lowest BCUT2D eigenvalue weighted by Gasteiger charge is -2.42. The summed E-state index contributed by atoms with van der Waals surface area (Å²) >= 11 is 3.74. The minimum absolute atomic E-state index is 0.334. The van der Waals surface area contributed by atoms with E-state index in [2.05, 4.69) is 183 Å². The average Bonchev–Trinajstić information content (AvgIpc) is 3.13. The van der Waals surface area contributed by atoms with Crippen molar-refractivity contribution in [3.8, 4) is 0 Å². The van der Waals surface area contributed by atoms with Crippen molar-refractivity contribution in [1.29, 1.82) is 0 Å². The summed E-state index contributed by atoms with van der Waals surface area (Å²) in [6, 6.07) is 34.9. The molecule has 12 heteroatoms. The Hall–Kier alpha value is -4.30. The third-order valence-electron chi connectivity index (χ3n) is 8.75. The van der Waals surface area contributed by atoms with E-state index in [0.717, 1.165) is 25.9 Å². The quantitative estimate of drug-likeness (QED) is 0.175. The molecule has 0 saturated carbocycles. The molecule has 4 aromatic carbocycles. The van der Waals surface area contributed by atoms with E-state index in [1.807, 2.05) is 23.5 Å². The molecule has 288 valence electrons. The minimum Gasteiger partial charge on any atom is -0.545 e. The molecule has 0 fully saturated rings. The summed E-state index contributed by atoms with van der Waals surface area (Å²) in [4.78, 5) is 38.3. The van der Waals surface area contributed by atoms with Crippen LogP contribution in [-0.2, 0) is 9.59 Å². The van der Waals surface area contributed by atoms with Crippen molar-refractivity contribution in [3.05, 3.63) is 109 Å². The number of nitrogens with zero attached hydrogens (tertiary/aromatic N) is 6. The first-order chi connectivity index (χ1) is 25.8. The van der Waals surface area contributed by atoms with Crippen molar-refractivity contribution in [2.45, 2.75) is 44.8 Å². The summed E-state index contributed by atoms with van der Waals surface area (Å²) in [5.74, 6) is -3.09. The normalized spacial score (nSPS) is 14.0. The highest BCUT2D eigenvalue weighted by Crippen LogP contribution is 2.50. The van der Waals surface area contributed by atoms with Crippen LogP contribution in [0.1, 0.15) is 12.8 Å². The maximum Gasteiger partial charge on any atom is 0.0878 e. The van der Waals surface area contributed by atoms with Gasteiger partial charge in [0.1, 0.15) is 0 Å². The molecule has 54 heavy (non-hydrogen) atoms. The van der Waals surface area contributed by atoms with Gasteiger partial charge in [-0.3, -0.25) is 9.80 Å². The highest BCUT2D eigenvalue weighted by Gasteiger charge is 2.31. The van der Waals surface area contributed by atoms with Crippen LogP contribution >= 0.6 is 23.5 Å². The zero-order chi connectivity index (χ0) is 39.4. The number of carbonyl (C=O) groups is 2. The van der Waals surface area contributed by atoms with Crippen LogP contribution in [0.5, 0.6) is 0 Å². The molecule has 2 aliphatic rings. The van der Waals surface area contributed by atoms with E-state index >= 15 is 0 Å². The van der Waals surface area contributed by atoms with Gasteiger partial charge in [0.2, 0.25) is 0 Å². The predicted molar refractivity (Wildman–Crippen MR) is 219 cm³/mol. The first-order valence-corrected chi connectivity index (χ1v) is 19.4. The number of rotatable bonds is 12. The Balaban J connectivity index is 0.000000201. The van der Waals surface area contributed by atoms with Crippen LogP contribution in [0, 0.1) is 0 Å². The van der Waals surface area contributed by atoms with Gasteiger partial charge >= 0.3 is 0 Å². The Bertz CT molecular complexity index is 1640. The molecule has 0 radical (unpaired) electrons. The maximum atomic E-state index is 9.41. The standard InChI is InChI=1S/2C19H25N3S.C4H4O4/c2*1-20(2)14-13-19(21(3)4)22-15-9-5-7-11-17(15)23-18-12-8-6-10-16(18)22;5-3(6)1-2-4(7)8/h2*5-12,19H,13-14H2,1-4H3;1-2H,(H,5,6)(H,7,8)/p-2. The second-order valence-corrected chi connectivity index (χ2v) is 16.0. The molecule has 0 spiro atoms. The van der Waals surface area contributed by atoms with Crippen molar-refractivity contribution in [2.75, 3.05) is 79.3 Å². The number of carboxylic acid groups (broad SMARTS) is 2. The summed E-state index contributed by atoms with van der Waals surface area (Å²) < 4.78 is 0. The number of aliphatic carboxylic acids is 2. The fourth-order valence-corrected chi connectivity index (χ4v) is 8.37. The van der Waals surface area contributed by atoms with Gasteiger partial charge in [0.15, 0.2) is 0 Å². The molecule has 2 heterocycles. The van der Waals surface area contributed by atoms with Crippen molar-refractivity contribution in [1.82, 2.24) is 19.6 Å². The third kappa shape index (κ3) is 11.6.